The summed E-state index contributed by atoms with van der Waals surface area (Å²) in [5.74, 6) is 0.266. The summed E-state index contributed by atoms with van der Waals surface area (Å²) in [4.78, 5) is 3.74. The smallest absolute Gasteiger partial charge is 0.141 e. The first-order valence-electron chi connectivity index (χ1n) is 6.02. The number of ether oxygens (including phenoxy) is 1. The van der Waals surface area contributed by atoms with Gasteiger partial charge in [-0.05, 0) is 24.6 Å². The molecule has 1 unspecified atom stereocenters. The normalized spacial score (nSPS) is 12.2. The summed E-state index contributed by atoms with van der Waals surface area (Å²) in [7, 11) is 1.59. The third-order valence-electron chi connectivity index (χ3n) is 2.96. The highest BCUT2D eigenvalue weighted by Gasteiger charge is 2.13. The highest BCUT2D eigenvalue weighted by atomic mass is 19.1. The molecule has 1 atom stereocenters. The van der Waals surface area contributed by atoms with Gasteiger partial charge in [0.1, 0.15) is 11.6 Å². The van der Waals surface area contributed by atoms with E-state index in [4.69, 9.17) is 4.74 Å². The van der Waals surface area contributed by atoms with Gasteiger partial charge in [0.15, 0.2) is 0 Å². The molecule has 0 amide bonds. The number of aryl methyl sites for hydroxylation is 1. The van der Waals surface area contributed by atoms with E-state index in [2.05, 4.69) is 4.98 Å². The predicted molar refractivity (Wildman–Crippen MR) is 70.6 cm³/mol. The molecule has 0 aliphatic rings. The van der Waals surface area contributed by atoms with Gasteiger partial charge >= 0.3 is 0 Å². The zero-order valence-corrected chi connectivity index (χ0v) is 10.9. The Labute approximate surface area is 111 Å². The molecule has 0 saturated carbocycles. The van der Waals surface area contributed by atoms with Crippen LogP contribution in [0.1, 0.15) is 22.8 Å². The van der Waals surface area contributed by atoms with Crippen molar-refractivity contribution < 1.29 is 14.2 Å². The summed E-state index contributed by atoms with van der Waals surface area (Å²) < 4.78 is 18.3. The molecule has 0 fully saturated rings. The molecule has 0 radical (unpaired) electrons. The van der Waals surface area contributed by atoms with Crippen LogP contribution in [0, 0.1) is 12.7 Å². The summed E-state index contributed by atoms with van der Waals surface area (Å²) in [6, 6.07) is 7.05. The van der Waals surface area contributed by atoms with Gasteiger partial charge in [-0.2, -0.15) is 0 Å². The van der Waals surface area contributed by atoms with E-state index in [-0.39, 0.29) is 0 Å². The van der Waals surface area contributed by atoms with E-state index in [0.717, 1.165) is 17.3 Å². The number of methoxy groups -OCH3 is 1. The lowest BCUT2D eigenvalue weighted by molar-refractivity contribution is 0.176. The SMILES string of the molecule is COc1ccc(C)cc1CC(O)c1cncc(F)c1. The number of hydrogen-bond donors (Lipinski definition) is 1. The van der Waals surface area contributed by atoms with Crippen LogP contribution in [-0.2, 0) is 6.42 Å². The number of aliphatic hydroxyl groups excluding tert-OH is 1. The number of pyridine rings is 1. The Morgan fingerprint density at radius 3 is 2.79 bits per heavy atom. The van der Waals surface area contributed by atoms with Crippen LogP contribution < -0.4 is 4.74 Å². The van der Waals surface area contributed by atoms with Gasteiger partial charge in [-0.3, -0.25) is 4.98 Å². The fraction of sp³-hybridized carbons (Fsp3) is 0.267. The Balaban J connectivity index is 2.23. The number of halogens is 1. The zero-order valence-electron chi connectivity index (χ0n) is 10.9. The van der Waals surface area contributed by atoms with E-state index in [1.807, 2.05) is 25.1 Å². The summed E-state index contributed by atoms with van der Waals surface area (Å²) in [6.07, 6.45) is 2.13. The standard InChI is InChI=1S/C15H16FNO2/c1-10-3-4-15(19-2)11(5-10)7-14(18)12-6-13(16)9-17-8-12/h3-6,8-9,14,18H,7H2,1-2H3. The van der Waals surface area contributed by atoms with Gasteiger partial charge in [0.2, 0.25) is 0 Å². The first-order chi connectivity index (χ1) is 9.10. The first kappa shape index (κ1) is 13.5. The Morgan fingerprint density at radius 1 is 1.32 bits per heavy atom. The fourth-order valence-electron chi connectivity index (χ4n) is 2.00. The van der Waals surface area contributed by atoms with Crippen LogP contribution in [0.2, 0.25) is 0 Å². The Bertz CT molecular complexity index is 572. The number of aromatic nitrogens is 1. The van der Waals surface area contributed by atoms with E-state index in [1.54, 1.807) is 7.11 Å². The molecular weight excluding hydrogens is 245 g/mol. The maximum absolute atomic E-state index is 13.1. The van der Waals surface area contributed by atoms with Crippen molar-refractivity contribution >= 4 is 0 Å². The van der Waals surface area contributed by atoms with Gasteiger partial charge in [0.25, 0.3) is 0 Å². The van der Waals surface area contributed by atoms with E-state index >= 15 is 0 Å². The van der Waals surface area contributed by atoms with Crippen molar-refractivity contribution in [3.63, 3.8) is 0 Å². The van der Waals surface area contributed by atoms with Crippen molar-refractivity contribution in [3.05, 3.63) is 59.2 Å². The average Bonchev–Trinajstić information content (AvgIpc) is 2.39. The lowest BCUT2D eigenvalue weighted by Gasteiger charge is -2.14. The molecule has 1 aromatic carbocycles. The molecule has 0 saturated heterocycles. The fourth-order valence-corrected chi connectivity index (χ4v) is 2.00. The molecule has 100 valence electrons. The minimum atomic E-state index is -0.807. The monoisotopic (exact) mass is 261 g/mol. The molecule has 0 bridgehead atoms. The second-order valence-corrected chi connectivity index (χ2v) is 4.47. The van der Waals surface area contributed by atoms with E-state index in [1.165, 1.54) is 12.3 Å². The number of benzene rings is 1. The van der Waals surface area contributed by atoms with Crippen LogP contribution in [0.3, 0.4) is 0 Å². The van der Waals surface area contributed by atoms with Crippen molar-refractivity contribution in [2.24, 2.45) is 0 Å². The zero-order chi connectivity index (χ0) is 13.8. The minimum Gasteiger partial charge on any atom is -0.496 e. The third kappa shape index (κ3) is 3.29. The highest BCUT2D eigenvalue weighted by Crippen LogP contribution is 2.26. The van der Waals surface area contributed by atoms with E-state index in [9.17, 15) is 9.50 Å². The maximum Gasteiger partial charge on any atom is 0.141 e. The van der Waals surface area contributed by atoms with Crippen molar-refractivity contribution in [1.82, 2.24) is 4.98 Å². The molecule has 0 aliphatic heterocycles. The maximum atomic E-state index is 13.1. The Morgan fingerprint density at radius 2 is 2.11 bits per heavy atom. The third-order valence-corrected chi connectivity index (χ3v) is 2.96. The number of nitrogens with zero attached hydrogens (tertiary/aromatic N) is 1. The van der Waals surface area contributed by atoms with E-state index in [0.29, 0.717) is 17.7 Å². The van der Waals surface area contributed by atoms with Crippen LogP contribution in [0.4, 0.5) is 4.39 Å². The lowest BCUT2D eigenvalue weighted by atomic mass is 10.0. The van der Waals surface area contributed by atoms with Crippen molar-refractivity contribution in [2.45, 2.75) is 19.4 Å². The van der Waals surface area contributed by atoms with Gasteiger partial charge < -0.3 is 9.84 Å². The largest absolute Gasteiger partial charge is 0.496 e. The molecule has 1 heterocycles. The summed E-state index contributed by atoms with van der Waals surface area (Å²) in [5, 5.41) is 10.1. The molecule has 2 rings (SSSR count). The Kier molecular flexibility index (Phi) is 4.12. The molecule has 1 N–H and O–H groups in total. The lowest BCUT2D eigenvalue weighted by Crippen LogP contribution is -2.04. The van der Waals surface area contributed by atoms with Crippen LogP contribution in [0.15, 0.2) is 36.7 Å². The quantitative estimate of drug-likeness (QED) is 0.920. The van der Waals surface area contributed by atoms with Crippen LogP contribution in [0.5, 0.6) is 5.75 Å². The number of hydrogen-bond acceptors (Lipinski definition) is 3. The second kappa shape index (κ2) is 5.80. The first-order valence-corrected chi connectivity index (χ1v) is 6.02. The average molecular weight is 261 g/mol. The summed E-state index contributed by atoms with van der Waals surface area (Å²) >= 11 is 0. The molecule has 0 aliphatic carbocycles. The summed E-state index contributed by atoms with van der Waals surface area (Å²) in [6.45, 7) is 1.97. The van der Waals surface area contributed by atoms with Crippen molar-refractivity contribution in [1.29, 1.82) is 0 Å². The van der Waals surface area contributed by atoms with Crippen molar-refractivity contribution in [3.8, 4) is 5.75 Å². The molecular formula is C15H16FNO2. The molecule has 4 heteroatoms. The topological polar surface area (TPSA) is 42.4 Å². The number of aliphatic hydroxyl groups is 1. The van der Waals surface area contributed by atoms with Gasteiger partial charge in [-0.25, -0.2) is 4.39 Å². The van der Waals surface area contributed by atoms with Gasteiger partial charge in [-0.15, -0.1) is 0 Å². The van der Waals surface area contributed by atoms with Gasteiger partial charge in [0, 0.05) is 18.2 Å². The highest BCUT2D eigenvalue weighted by molar-refractivity contribution is 5.38. The predicted octanol–water partition coefficient (Wildman–Crippen LogP) is 2.81. The van der Waals surface area contributed by atoms with Crippen LogP contribution in [0.25, 0.3) is 0 Å². The minimum absolute atomic E-state index is 0.357. The van der Waals surface area contributed by atoms with Crippen LogP contribution in [-0.4, -0.2) is 17.2 Å². The van der Waals surface area contributed by atoms with E-state index < -0.39 is 11.9 Å². The van der Waals surface area contributed by atoms with Gasteiger partial charge in [0.05, 0.1) is 19.4 Å². The second-order valence-electron chi connectivity index (χ2n) is 4.47. The van der Waals surface area contributed by atoms with Crippen LogP contribution >= 0.6 is 0 Å². The Hall–Kier alpha value is -1.94. The number of rotatable bonds is 4. The molecule has 2 aromatic rings. The molecule has 19 heavy (non-hydrogen) atoms. The molecule has 3 nitrogen and oxygen atoms in total. The van der Waals surface area contributed by atoms with Crippen molar-refractivity contribution in [2.75, 3.05) is 7.11 Å². The summed E-state index contributed by atoms with van der Waals surface area (Å²) in [5.41, 5.74) is 2.43. The molecule has 1 aromatic heterocycles. The van der Waals surface area contributed by atoms with Gasteiger partial charge in [-0.1, -0.05) is 17.7 Å². The molecule has 0 spiro atoms.